The Hall–Kier alpha value is -2.95. The fourth-order valence-electron chi connectivity index (χ4n) is 2.82. The zero-order valence-electron chi connectivity index (χ0n) is 15.7. The molecule has 0 saturated heterocycles. The number of benzene rings is 2. The van der Waals surface area contributed by atoms with Gasteiger partial charge in [0.2, 0.25) is 0 Å². The molecule has 0 aliphatic heterocycles. The molecule has 0 aliphatic carbocycles. The van der Waals surface area contributed by atoms with Gasteiger partial charge in [-0.1, -0.05) is 56.5 Å². The van der Waals surface area contributed by atoms with Crippen molar-refractivity contribution < 1.29 is 9.47 Å². The Kier molecular flexibility index (Phi) is 7.16. The highest BCUT2D eigenvalue weighted by atomic mass is 16.5. The molecule has 1 heterocycles. The van der Waals surface area contributed by atoms with Crippen molar-refractivity contribution in [2.24, 2.45) is 0 Å². The molecule has 5 nitrogen and oxygen atoms in total. The van der Waals surface area contributed by atoms with Gasteiger partial charge in [-0.05, 0) is 35.9 Å². The highest BCUT2D eigenvalue weighted by Crippen LogP contribution is 2.29. The average Bonchev–Trinajstić information content (AvgIpc) is 2.74. The maximum absolute atomic E-state index is 6.09. The van der Waals surface area contributed by atoms with E-state index in [4.69, 9.17) is 9.47 Å². The molecular formula is C22H25N3O2. The van der Waals surface area contributed by atoms with Gasteiger partial charge in [-0.15, -0.1) is 10.2 Å². The van der Waals surface area contributed by atoms with E-state index in [0.29, 0.717) is 6.61 Å². The summed E-state index contributed by atoms with van der Waals surface area (Å²) in [5.74, 6) is 1.64. The lowest BCUT2D eigenvalue weighted by Crippen LogP contribution is -2.03. The monoisotopic (exact) mass is 363 g/mol. The first-order chi connectivity index (χ1) is 13.4. The number of para-hydroxylation sites is 2. The van der Waals surface area contributed by atoms with Gasteiger partial charge in [-0.3, -0.25) is 0 Å². The van der Waals surface area contributed by atoms with E-state index in [1.165, 1.54) is 19.3 Å². The minimum absolute atomic E-state index is 0.431. The summed E-state index contributed by atoms with van der Waals surface area (Å²) in [4.78, 5) is 0. The lowest BCUT2D eigenvalue weighted by Gasteiger charge is -2.14. The van der Waals surface area contributed by atoms with Crippen LogP contribution in [0.1, 0.15) is 38.2 Å². The molecule has 140 valence electrons. The molecule has 1 aromatic heterocycles. The van der Waals surface area contributed by atoms with Gasteiger partial charge in [0.1, 0.15) is 23.8 Å². The van der Waals surface area contributed by atoms with Crippen molar-refractivity contribution in [2.45, 2.75) is 39.2 Å². The van der Waals surface area contributed by atoms with Gasteiger partial charge in [0, 0.05) is 11.1 Å². The Morgan fingerprint density at radius 2 is 1.63 bits per heavy atom. The lowest BCUT2D eigenvalue weighted by atomic mass is 10.1. The van der Waals surface area contributed by atoms with E-state index in [0.717, 1.165) is 41.3 Å². The smallest absolute Gasteiger partial charge is 0.129 e. The van der Waals surface area contributed by atoms with Gasteiger partial charge >= 0.3 is 0 Å². The molecule has 27 heavy (non-hydrogen) atoms. The number of hydrogen-bond donors (Lipinski definition) is 0. The molecule has 0 atom stereocenters. The number of rotatable bonds is 10. The van der Waals surface area contributed by atoms with Gasteiger partial charge in [0.25, 0.3) is 0 Å². The second kappa shape index (κ2) is 10.3. The third-order valence-electron chi connectivity index (χ3n) is 4.28. The maximum atomic E-state index is 6.09. The second-order valence-electron chi connectivity index (χ2n) is 6.31. The first kappa shape index (κ1) is 18.8. The molecule has 3 rings (SSSR count). The number of hydrogen-bond acceptors (Lipinski definition) is 5. The largest absolute Gasteiger partial charge is 0.493 e. The van der Waals surface area contributed by atoms with Gasteiger partial charge in [0.05, 0.1) is 12.8 Å². The van der Waals surface area contributed by atoms with Crippen molar-refractivity contribution >= 4 is 0 Å². The van der Waals surface area contributed by atoms with Gasteiger partial charge in [0.15, 0.2) is 0 Å². The van der Waals surface area contributed by atoms with E-state index in [-0.39, 0.29) is 0 Å². The summed E-state index contributed by atoms with van der Waals surface area (Å²) >= 11 is 0. The second-order valence-corrected chi connectivity index (χ2v) is 6.31. The molecule has 0 amide bonds. The molecule has 3 aromatic rings. The van der Waals surface area contributed by atoms with Crippen LogP contribution in [0.5, 0.6) is 11.5 Å². The standard InChI is InChI=1S/C22H25N3O2/c1-2-3-4-9-16-26-21-12-7-5-10-18(21)17-27-22-13-8-6-11-19(22)20-14-15-23-25-24-20/h5-8,10-15H,2-4,9,16-17H2,1H3. The third-order valence-corrected chi connectivity index (χ3v) is 4.28. The van der Waals surface area contributed by atoms with Gasteiger partial charge in [-0.25, -0.2) is 0 Å². The Balaban J connectivity index is 1.66. The minimum atomic E-state index is 0.431. The van der Waals surface area contributed by atoms with Gasteiger partial charge < -0.3 is 9.47 Å². The SMILES string of the molecule is CCCCCCOc1ccccc1COc1ccccc1-c1ccnnn1. The lowest BCUT2D eigenvalue weighted by molar-refractivity contribution is 0.275. The fourth-order valence-corrected chi connectivity index (χ4v) is 2.82. The summed E-state index contributed by atoms with van der Waals surface area (Å²) < 4.78 is 12.1. The van der Waals surface area contributed by atoms with E-state index in [2.05, 4.69) is 22.3 Å². The Morgan fingerprint density at radius 3 is 2.44 bits per heavy atom. The number of aromatic nitrogens is 3. The van der Waals surface area contributed by atoms with Crippen LogP contribution < -0.4 is 9.47 Å². The molecule has 0 fully saturated rings. The summed E-state index contributed by atoms with van der Waals surface area (Å²) in [7, 11) is 0. The Labute approximate surface area is 160 Å². The van der Waals surface area contributed by atoms with Crippen LogP contribution in [-0.2, 0) is 6.61 Å². The zero-order chi connectivity index (χ0) is 18.7. The molecule has 5 heteroatoms. The van der Waals surface area contributed by atoms with E-state index >= 15 is 0 Å². The Morgan fingerprint density at radius 1 is 0.815 bits per heavy atom. The minimum Gasteiger partial charge on any atom is -0.493 e. The van der Waals surface area contributed by atoms with Crippen molar-refractivity contribution in [3.8, 4) is 22.8 Å². The van der Waals surface area contributed by atoms with Crippen molar-refractivity contribution in [1.82, 2.24) is 15.4 Å². The number of unbranched alkanes of at least 4 members (excludes halogenated alkanes) is 3. The van der Waals surface area contributed by atoms with E-state index < -0.39 is 0 Å². The Bertz CT molecular complexity index is 825. The predicted molar refractivity (Wildman–Crippen MR) is 106 cm³/mol. The summed E-state index contributed by atoms with van der Waals surface area (Å²) in [5, 5.41) is 11.5. The van der Waals surface area contributed by atoms with Crippen molar-refractivity contribution in [2.75, 3.05) is 6.61 Å². The van der Waals surface area contributed by atoms with Crippen LogP contribution >= 0.6 is 0 Å². The van der Waals surface area contributed by atoms with Crippen LogP contribution in [0.15, 0.2) is 60.8 Å². The molecule has 0 unspecified atom stereocenters. The molecule has 0 saturated carbocycles. The molecule has 0 bridgehead atoms. The van der Waals surface area contributed by atoms with Crippen LogP contribution in [0.25, 0.3) is 11.3 Å². The zero-order valence-corrected chi connectivity index (χ0v) is 15.7. The van der Waals surface area contributed by atoms with Crippen LogP contribution in [0.3, 0.4) is 0 Å². The summed E-state index contributed by atoms with van der Waals surface area (Å²) in [5.41, 5.74) is 2.66. The van der Waals surface area contributed by atoms with Crippen molar-refractivity contribution in [1.29, 1.82) is 0 Å². The molecule has 0 aliphatic rings. The molecule has 0 spiro atoms. The first-order valence-electron chi connectivity index (χ1n) is 9.45. The van der Waals surface area contributed by atoms with Crippen LogP contribution in [0.4, 0.5) is 0 Å². The maximum Gasteiger partial charge on any atom is 0.129 e. The number of nitrogens with zero attached hydrogens (tertiary/aromatic N) is 3. The third kappa shape index (κ3) is 5.51. The first-order valence-corrected chi connectivity index (χ1v) is 9.45. The fraction of sp³-hybridized carbons (Fsp3) is 0.318. The van der Waals surface area contributed by atoms with Crippen LogP contribution in [0.2, 0.25) is 0 Å². The highest BCUT2D eigenvalue weighted by Gasteiger charge is 2.09. The molecular weight excluding hydrogens is 338 g/mol. The average molecular weight is 363 g/mol. The topological polar surface area (TPSA) is 57.1 Å². The summed E-state index contributed by atoms with van der Waals surface area (Å²) in [6.07, 6.45) is 6.39. The van der Waals surface area contributed by atoms with Crippen LogP contribution in [-0.4, -0.2) is 22.0 Å². The van der Waals surface area contributed by atoms with Gasteiger partial charge in [-0.2, -0.15) is 0 Å². The molecule has 0 N–H and O–H groups in total. The molecule has 2 aromatic carbocycles. The van der Waals surface area contributed by atoms with Crippen molar-refractivity contribution in [3.05, 3.63) is 66.4 Å². The van der Waals surface area contributed by atoms with E-state index in [1.807, 2.05) is 54.6 Å². The quantitative estimate of drug-likeness (QED) is 0.470. The number of ether oxygens (including phenoxy) is 2. The van der Waals surface area contributed by atoms with Crippen molar-refractivity contribution in [3.63, 3.8) is 0 Å². The molecule has 0 radical (unpaired) electrons. The van der Waals surface area contributed by atoms with E-state index in [1.54, 1.807) is 6.20 Å². The van der Waals surface area contributed by atoms with Crippen LogP contribution in [0, 0.1) is 0 Å². The van der Waals surface area contributed by atoms with E-state index in [9.17, 15) is 0 Å². The highest BCUT2D eigenvalue weighted by molar-refractivity contribution is 5.66. The predicted octanol–water partition coefficient (Wildman–Crippen LogP) is 5.08. The summed E-state index contributed by atoms with van der Waals surface area (Å²) in [6, 6.07) is 17.7. The summed E-state index contributed by atoms with van der Waals surface area (Å²) in [6.45, 7) is 3.38. The normalized spacial score (nSPS) is 10.6.